The Morgan fingerprint density at radius 2 is 1.25 bits per heavy atom. The lowest BCUT2D eigenvalue weighted by Gasteiger charge is -1.95. The molecule has 80 valence electrons. The average molecular weight is 229 g/mol. The molecule has 0 unspecified atom stereocenters. The van der Waals surface area contributed by atoms with Crippen LogP contribution in [0.15, 0.2) is 60.7 Å². The number of hydrogen-bond donors (Lipinski definition) is 0. The molecule has 0 amide bonds. The molecule has 0 aliphatic rings. The summed E-state index contributed by atoms with van der Waals surface area (Å²) in [6.45, 7) is 0. The topological polar surface area (TPSA) is 9.23 Å². The molecule has 0 spiro atoms. The second-order valence-electron chi connectivity index (χ2n) is 3.38. The molecule has 2 heteroatoms. The van der Waals surface area contributed by atoms with Crippen LogP contribution in [-0.4, -0.2) is 13.1 Å². The van der Waals surface area contributed by atoms with Gasteiger partial charge < -0.3 is 4.74 Å². The minimum absolute atomic E-state index is 0.498. The highest BCUT2D eigenvalue weighted by molar-refractivity contribution is 7.71. The minimum atomic E-state index is -0.498. The van der Waals surface area contributed by atoms with E-state index in [1.165, 1.54) is 10.6 Å². The fourth-order valence-electron chi connectivity index (χ4n) is 1.55. The second kappa shape index (κ2) is 5.60. The molecule has 0 saturated carbocycles. The van der Waals surface area contributed by atoms with E-state index < -0.39 is 7.55 Å². The zero-order valence-corrected chi connectivity index (χ0v) is 10.1. The Morgan fingerprint density at radius 3 is 1.62 bits per heavy atom. The second-order valence-corrected chi connectivity index (χ2v) is 5.37. The Hall–Kier alpha value is -1.43. The standard InChI is InChI=1S/C14H14OP/c1-15-12-16(13-8-4-2-5-9-13)14-10-6-3-7-11-14/h2-12H,1H3/q+1. The monoisotopic (exact) mass is 229 g/mol. The van der Waals surface area contributed by atoms with Crippen LogP contribution in [-0.2, 0) is 4.74 Å². The summed E-state index contributed by atoms with van der Waals surface area (Å²) in [4.78, 5) is 0. The van der Waals surface area contributed by atoms with Gasteiger partial charge in [0.05, 0.1) is 0 Å². The first-order valence-corrected chi connectivity index (χ1v) is 6.58. The molecule has 2 aromatic rings. The summed E-state index contributed by atoms with van der Waals surface area (Å²) in [7, 11) is 1.21. The molecule has 0 aliphatic carbocycles. The lowest BCUT2D eigenvalue weighted by Crippen LogP contribution is -2.08. The van der Waals surface area contributed by atoms with E-state index in [4.69, 9.17) is 4.74 Å². The molecule has 0 saturated heterocycles. The third kappa shape index (κ3) is 2.57. The largest absolute Gasteiger partial charge is 0.319 e. The lowest BCUT2D eigenvalue weighted by atomic mass is 10.4. The Bertz CT molecular complexity index is 421. The average Bonchev–Trinajstić information content (AvgIpc) is 2.38. The Balaban J connectivity index is 2.44. The zero-order chi connectivity index (χ0) is 11.2. The van der Waals surface area contributed by atoms with Gasteiger partial charge >= 0.3 is 0 Å². The highest BCUT2D eigenvalue weighted by atomic mass is 31.1. The maximum atomic E-state index is 5.22. The molecule has 0 radical (unpaired) electrons. The van der Waals surface area contributed by atoms with Gasteiger partial charge in [-0.1, -0.05) is 36.4 Å². The highest BCUT2D eigenvalue weighted by Crippen LogP contribution is 2.20. The van der Waals surface area contributed by atoms with E-state index in [2.05, 4.69) is 48.5 Å². The molecule has 0 aromatic heterocycles. The van der Waals surface area contributed by atoms with Gasteiger partial charge in [-0.25, -0.2) is 0 Å². The quantitative estimate of drug-likeness (QED) is 0.735. The Morgan fingerprint density at radius 1 is 0.812 bits per heavy atom. The van der Waals surface area contributed by atoms with Crippen LogP contribution in [0.4, 0.5) is 0 Å². The molecule has 0 heterocycles. The molecule has 2 aromatic carbocycles. The van der Waals surface area contributed by atoms with Gasteiger partial charge in [0.2, 0.25) is 5.98 Å². The lowest BCUT2D eigenvalue weighted by molar-refractivity contribution is 0.432. The van der Waals surface area contributed by atoms with Crippen LogP contribution < -0.4 is 10.6 Å². The van der Waals surface area contributed by atoms with Crippen LogP contribution in [0, 0.1) is 0 Å². The Kier molecular flexibility index (Phi) is 3.87. The van der Waals surface area contributed by atoms with Crippen molar-refractivity contribution in [2.75, 3.05) is 7.11 Å². The zero-order valence-electron chi connectivity index (χ0n) is 9.21. The van der Waals surface area contributed by atoms with Crippen LogP contribution in [0.1, 0.15) is 0 Å². The molecule has 0 bridgehead atoms. The fraction of sp³-hybridized carbons (Fsp3) is 0.0714. The predicted octanol–water partition coefficient (Wildman–Crippen LogP) is 2.53. The van der Waals surface area contributed by atoms with Gasteiger partial charge in [0.15, 0.2) is 18.2 Å². The van der Waals surface area contributed by atoms with Crippen molar-refractivity contribution < 1.29 is 4.74 Å². The van der Waals surface area contributed by atoms with E-state index in [9.17, 15) is 0 Å². The molecular formula is C14H14OP+. The van der Waals surface area contributed by atoms with Gasteiger partial charge in [-0.05, 0) is 24.3 Å². The number of hydrogen-bond acceptors (Lipinski definition) is 1. The summed E-state index contributed by atoms with van der Waals surface area (Å²) in [5.74, 6) is 1.93. The molecule has 0 atom stereocenters. The summed E-state index contributed by atoms with van der Waals surface area (Å²) in [5.41, 5.74) is 0. The van der Waals surface area contributed by atoms with Crippen molar-refractivity contribution in [1.29, 1.82) is 0 Å². The third-order valence-electron chi connectivity index (χ3n) is 2.28. The van der Waals surface area contributed by atoms with E-state index in [0.717, 1.165) is 0 Å². The van der Waals surface area contributed by atoms with Gasteiger partial charge in [0.25, 0.3) is 0 Å². The molecule has 0 N–H and O–H groups in total. The SMILES string of the molecule is COC=[P+](c1ccccc1)c1ccccc1. The molecule has 16 heavy (non-hydrogen) atoms. The van der Waals surface area contributed by atoms with Crippen LogP contribution in [0.25, 0.3) is 0 Å². The van der Waals surface area contributed by atoms with Crippen molar-refractivity contribution in [2.45, 2.75) is 0 Å². The predicted molar refractivity (Wildman–Crippen MR) is 72.1 cm³/mol. The van der Waals surface area contributed by atoms with Gasteiger partial charge in [-0.15, -0.1) is 0 Å². The van der Waals surface area contributed by atoms with Crippen molar-refractivity contribution in [2.24, 2.45) is 0 Å². The van der Waals surface area contributed by atoms with Crippen LogP contribution in [0.5, 0.6) is 0 Å². The summed E-state index contributed by atoms with van der Waals surface area (Å²) >= 11 is 0. The Labute approximate surface area is 97.1 Å². The first-order chi connectivity index (χ1) is 7.92. The van der Waals surface area contributed by atoms with Gasteiger partial charge in [-0.2, -0.15) is 0 Å². The number of ether oxygens (including phenoxy) is 1. The van der Waals surface area contributed by atoms with Crippen molar-refractivity contribution in [3.63, 3.8) is 0 Å². The summed E-state index contributed by atoms with van der Waals surface area (Å²) < 4.78 is 5.22. The number of methoxy groups -OCH3 is 1. The van der Waals surface area contributed by atoms with E-state index in [-0.39, 0.29) is 0 Å². The van der Waals surface area contributed by atoms with E-state index >= 15 is 0 Å². The van der Waals surface area contributed by atoms with Crippen LogP contribution in [0.2, 0.25) is 0 Å². The molecule has 1 nitrogen and oxygen atoms in total. The molecule has 0 fully saturated rings. The van der Waals surface area contributed by atoms with E-state index in [1.54, 1.807) is 7.11 Å². The summed E-state index contributed by atoms with van der Waals surface area (Å²) in [6, 6.07) is 20.9. The van der Waals surface area contributed by atoms with Crippen LogP contribution >= 0.6 is 7.55 Å². The summed E-state index contributed by atoms with van der Waals surface area (Å²) in [5, 5.41) is 2.62. The van der Waals surface area contributed by atoms with E-state index in [1.807, 2.05) is 18.1 Å². The van der Waals surface area contributed by atoms with Gasteiger partial charge in [0, 0.05) is 7.11 Å². The highest BCUT2D eigenvalue weighted by Gasteiger charge is 2.16. The van der Waals surface area contributed by atoms with Gasteiger partial charge in [0.1, 0.15) is 0 Å². The van der Waals surface area contributed by atoms with Gasteiger partial charge in [-0.3, -0.25) is 0 Å². The molecule has 0 aliphatic heterocycles. The first kappa shape index (κ1) is 11.1. The maximum Gasteiger partial charge on any atom is 0.223 e. The van der Waals surface area contributed by atoms with Crippen molar-refractivity contribution in [3.8, 4) is 0 Å². The third-order valence-corrected chi connectivity index (χ3v) is 4.41. The normalized spacial score (nSPS) is 9.81. The maximum absolute atomic E-state index is 5.22. The minimum Gasteiger partial charge on any atom is -0.319 e. The fourth-order valence-corrected chi connectivity index (χ4v) is 3.29. The van der Waals surface area contributed by atoms with Crippen molar-refractivity contribution in [1.82, 2.24) is 0 Å². The van der Waals surface area contributed by atoms with E-state index in [0.29, 0.717) is 0 Å². The molecular weight excluding hydrogens is 215 g/mol. The van der Waals surface area contributed by atoms with Crippen molar-refractivity contribution >= 4 is 24.1 Å². The smallest absolute Gasteiger partial charge is 0.223 e. The molecule has 2 rings (SSSR count). The van der Waals surface area contributed by atoms with Crippen LogP contribution in [0.3, 0.4) is 0 Å². The summed E-state index contributed by atoms with van der Waals surface area (Å²) in [6.07, 6.45) is 0. The number of rotatable bonds is 3. The first-order valence-electron chi connectivity index (χ1n) is 5.17. The number of benzene rings is 2. The van der Waals surface area contributed by atoms with Crippen molar-refractivity contribution in [3.05, 3.63) is 60.7 Å².